The van der Waals surface area contributed by atoms with E-state index in [0.29, 0.717) is 11.7 Å². The van der Waals surface area contributed by atoms with E-state index in [-0.39, 0.29) is 5.56 Å². The normalized spacial score (nSPS) is 14.6. The molecule has 0 bridgehead atoms. The number of benzene rings is 1. The number of fused-ring (bicyclic) bond motifs is 1. The fraction of sp³-hybridized carbons (Fsp3) is 0.412. The lowest BCUT2D eigenvalue weighted by atomic mass is 10.0. The molecule has 5 nitrogen and oxygen atoms in total. The fourth-order valence-corrected chi connectivity index (χ4v) is 3.30. The van der Waals surface area contributed by atoms with Crippen molar-refractivity contribution in [2.24, 2.45) is 0 Å². The highest BCUT2D eigenvalue weighted by molar-refractivity contribution is 7.98. The van der Waals surface area contributed by atoms with Gasteiger partial charge in [-0.1, -0.05) is 17.8 Å². The van der Waals surface area contributed by atoms with Crippen LogP contribution in [0.25, 0.3) is 0 Å². The van der Waals surface area contributed by atoms with Gasteiger partial charge in [-0.05, 0) is 36.4 Å². The first-order chi connectivity index (χ1) is 11.1. The van der Waals surface area contributed by atoms with Crippen LogP contribution in [0.15, 0.2) is 28.2 Å². The lowest BCUT2D eigenvalue weighted by Gasteiger charge is -2.28. The second-order valence-electron chi connectivity index (χ2n) is 5.75. The van der Waals surface area contributed by atoms with Crippen molar-refractivity contribution >= 4 is 11.8 Å². The van der Waals surface area contributed by atoms with Gasteiger partial charge >= 0.3 is 0 Å². The maximum Gasteiger partial charge on any atom is 0.256 e. The minimum Gasteiger partial charge on any atom is -0.497 e. The number of methoxy groups -OCH3 is 1. The van der Waals surface area contributed by atoms with E-state index in [1.54, 1.807) is 7.11 Å². The third-order valence-corrected chi connectivity index (χ3v) is 4.84. The van der Waals surface area contributed by atoms with Crippen molar-refractivity contribution in [3.05, 3.63) is 50.9 Å². The Morgan fingerprint density at radius 2 is 2.26 bits per heavy atom. The monoisotopic (exact) mass is 331 g/mol. The zero-order valence-electron chi connectivity index (χ0n) is 13.7. The molecule has 0 aliphatic carbocycles. The van der Waals surface area contributed by atoms with E-state index in [2.05, 4.69) is 27.9 Å². The number of nitrogens with one attached hydrogen (secondary N) is 1. The Kier molecular flexibility index (Phi) is 4.73. The van der Waals surface area contributed by atoms with E-state index < -0.39 is 0 Å². The molecule has 0 atom stereocenters. The number of nitrogens with zero attached hydrogens (tertiary/aromatic N) is 2. The number of hydrogen-bond acceptors (Lipinski definition) is 5. The Bertz CT molecular complexity index is 773. The Morgan fingerprint density at radius 1 is 1.43 bits per heavy atom. The zero-order valence-corrected chi connectivity index (χ0v) is 14.5. The second-order valence-corrected chi connectivity index (χ2v) is 6.55. The molecule has 6 heteroatoms. The van der Waals surface area contributed by atoms with Gasteiger partial charge in [0.2, 0.25) is 0 Å². The summed E-state index contributed by atoms with van der Waals surface area (Å²) in [6, 6.07) is 6.13. The quantitative estimate of drug-likeness (QED) is 0.688. The molecule has 122 valence electrons. The summed E-state index contributed by atoms with van der Waals surface area (Å²) in [5, 5.41) is 0.702. The standard InChI is InChI=1S/C17H21N3O2S/c1-11-8-13(22-2)5-4-12(11)9-20-7-6-15-14(10-20)16(21)19-17(18-15)23-3/h4-5,8H,6-7,9-10H2,1-3H3,(H,18,19,21). The van der Waals surface area contributed by atoms with Crippen molar-refractivity contribution in [1.29, 1.82) is 0 Å². The molecule has 0 saturated carbocycles. The third-order valence-electron chi connectivity index (χ3n) is 4.26. The molecule has 0 amide bonds. The van der Waals surface area contributed by atoms with E-state index in [1.807, 2.05) is 18.4 Å². The summed E-state index contributed by atoms with van der Waals surface area (Å²) >= 11 is 1.47. The van der Waals surface area contributed by atoms with Crippen LogP contribution in [0, 0.1) is 6.92 Å². The highest BCUT2D eigenvalue weighted by Crippen LogP contribution is 2.22. The first kappa shape index (κ1) is 16.1. The Balaban J connectivity index is 1.79. The molecule has 2 aromatic rings. The lowest BCUT2D eigenvalue weighted by Crippen LogP contribution is -2.35. The summed E-state index contributed by atoms with van der Waals surface area (Å²) in [4.78, 5) is 21.9. The van der Waals surface area contributed by atoms with Crippen LogP contribution in [-0.4, -0.2) is 34.8 Å². The third kappa shape index (κ3) is 3.43. The summed E-state index contributed by atoms with van der Waals surface area (Å²) in [7, 11) is 1.68. The molecule has 0 fully saturated rings. The molecule has 23 heavy (non-hydrogen) atoms. The van der Waals surface area contributed by atoms with Crippen LogP contribution in [0.5, 0.6) is 5.75 Å². The Labute approximate surface area is 140 Å². The second kappa shape index (κ2) is 6.76. The van der Waals surface area contributed by atoms with Gasteiger partial charge in [0.15, 0.2) is 5.16 Å². The minimum absolute atomic E-state index is 0.00416. The molecule has 1 aliphatic heterocycles. The largest absolute Gasteiger partial charge is 0.497 e. The van der Waals surface area contributed by atoms with Crippen molar-refractivity contribution in [2.45, 2.75) is 31.6 Å². The summed E-state index contributed by atoms with van der Waals surface area (Å²) in [5.41, 5.74) is 4.22. The van der Waals surface area contributed by atoms with Crippen molar-refractivity contribution in [3.63, 3.8) is 0 Å². The first-order valence-corrected chi connectivity index (χ1v) is 8.85. The SMILES string of the molecule is COc1ccc(CN2CCc3nc(SC)[nH]c(=O)c3C2)c(C)c1. The highest BCUT2D eigenvalue weighted by Gasteiger charge is 2.21. The van der Waals surface area contributed by atoms with Gasteiger partial charge in [-0.25, -0.2) is 4.98 Å². The molecule has 0 radical (unpaired) electrons. The van der Waals surface area contributed by atoms with E-state index in [9.17, 15) is 4.79 Å². The number of H-pyrrole nitrogens is 1. The summed E-state index contributed by atoms with van der Waals surface area (Å²) < 4.78 is 5.25. The summed E-state index contributed by atoms with van der Waals surface area (Å²) in [5.74, 6) is 0.875. The molecule has 3 rings (SSSR count). The first-order valence-electron chi connectivity index (χ1n) is 7.62. The molecule has 1 aromatic heterocycles. The maximum absolute atomic E-state index is 12.2. The Morgan fingerprint density at radius 3 is 2.96 bits per heavy atom. The van der Waals surface area contributed by atoms with Crippen LogP contribution in [0.4, 0.5) is 0 Å². The number of ether oxygens (including phenoxy) is 1. The van der Waals surface area contributed by atoms with Gasteiger partial charge < -0.3 is 9.72 Å². The van der Waals surface area contributed by atoms with Gasteiger partial charge in [0, 0.05) is 26.1 Å². The molecule has 1 aromatic carbocycles. The van der Waals surface area contributed by atoms with Crippen molar-refractivity contribution < 1.29 is 4.74 Å². The zero-order chi connectivity index (χ0) is 16.4. The van der Waals surface area contributed by atoms with Crippen LogP contribution in [0.2, 0.25) is 0 Å². The average Bonchev–Trinajstić information content (AvgIpc) is 2.57. The number of aromatic amines is 1. The van der Waals surface area contributed by atoms with Crippen LogP contribution in [0.1, 0.15) is 22.4 Å². The summed E-state index contributed by atoms with van der Waals surface area (Å²) in [6.07, 6.45) is 2.74. The van der Waals surface area contributed by atoms with Gasteiger partial charge in [-0.15, -0.1) is 0 Å². The number of rotatable bonds is 4. The molecule has 2 heterocycles. The molecule has 0 saturated heterocycles. The van der Waals surface area contributed by atoms with E-state index in [4.69, 9.17) is 4.74 Å². The molecular formula is C17H21N3O2S. The van der Waals surface area contributed by atoms with Crippen molar-refractivity contribution in [3.8, 4) is 5.75 Å². The van der Waals surface area contributed by atoms with Gasteiger partial charge in [-0.3, -0.25) is 9.69 Å². The molecular weight excluding hydrogens is 310 g/mol. The topological polar surface area (TPSA) is 58.2 Å². The molecule has 0 unspecified atom stereocenters. The van der Waals surface area contributed by atoms with E-state index in [1.165, 1.54) is 22.9 Å². The number of aromatic nitrogens is 2. The predicted molar refractivity (Wildman–Crippen MR) is 92.2 cm³/mol. The van der Waals surface area contributed by atoms with Crippen LogP contribution >= 0.6 is 11.8 Å². The molecule has 0 spiro atoms. The predicted octanol–water partition coefficient (Wildman–Crippen LogP) is 2.37. The minimum atomic E-state index is -0.00416. The van der Waals surface area contributed by atoms with Crippen molar-refractivity contribution in [2.75, 3.05) is 19.9 Å². The molecule has 1 N–H and O–H groups in total. The van der Waals surface area contributed by atoms with Gasteiger partial charge in [-0.2, -0.15) is 0 Å². The van der Waals surface area contributed by atoms with Crippen LogP contribution in [-0.2, 0) is 19.5 Å². The maximum atomic E-state index is 12.2. The number of aryl methyl sites for hydroxylation is 1. The lowest BCUT2D eigenvalue weighted by molar-refractivity contribution is 0.240. The molecule has 1 aliphatic rings. The van der Waals surface area contributed by atoms with E-state index in [0.717, 1.165) is 36.5 Å². The highest BCUT2D eigenvalue weighted by atomic mass is 32.2. The Hall–Kier alpha value is -1.79. The van der Waals surface area contributed by atoms with Crippen molar-refractivity contribution in [1.82, 2.24) is 14.9 Å². The smallest absolute Gasteiger partial charge is 0.256 e. The fourth-order valence-electron chi connectivity index (χ4n) is 2.90. The van der Waals surface area contributed by atoms with Crippen LogP contribution < -0.4 is 10.3 Å². The summed E-state index contributed by atoms with van der Waals surface area (Å²) in [6.45, 7) is 4.49. The van der Waals surface area contributed by atoms with E-state index >= 15 is 0 Å². The van der Waals surface area contributed by atoms with Gasteiger partial charge in [0.05, 0.1) is 18.4 Å². The number of thioether (sulfide) groups is 1. The van der Waals surface area contributed by atoms with Gasteiger partial charge in [0.25, 0.3) is 5.56 Å². The number of hydrogen-bond donors (Lipinski definition) is 1. The average molecular weight is 331 g/mol. The van der Waals surface area contributed by atoms with Crippen LogP contribution in [0.3, 0.4) is 0 Å². The van der Waals surface area contributed by atoms with Gasteiger partial charge in [0.1, 0.15) is 5.75 Å².